The van der Waals surface area contributed by atoms with Gasteiger partial charge in [-0.15, -0.1) is 0 Å². The van der Waals surface area contributed by atoms with Crippen LogP contribution in [0.2, 0.25) is 0 Å². The number of aromatic nitrogens is 2. The van der Waals surface area contributed by atoms with E-state index in [0.29, 0.717) is 18.2 Å². The topological polar surface area (TPSA) is 65.1 Å². The molecule has 0 amide bonds. The van der Waals surface area contributed by atoms with Crippen molar-refractivity contribution in [1.82, 2.24) is 9.78 Å². The Morgan fingerprint density at radius 1 is 1.50 bits per heavy atom. The molecule has 0 atom stereocenters. The third-order valence-electron chi connectivity index (χ3n) is 2.24. The first-order valence-corrected chi connectivity index (χ1v) is 5.70. The second-order valence-corrected chi connectivity index (χ2v) is 4.33. The molecule has 0 saturated carbocycles. The first-order valence-electron chi connectivity index (χ1n) is 5.70. The summed E-state index contributed by atoms with van der Waals surface area (Å²) in [6.45, 7) is 6.62. The predicted molar refractivity (Wildman–Crippen MR) is 66.4 cm³/mol. The minimum absolute atomic E-state index is 0.671. The van der Waals surface area contributed by atoms with Crippen LogP contribution in [-0.4, -0.2) is 29.5 Å². The normalized spacial score (nSPS) is 11.0. The molecule has 5 heteroatoms. The molecule has 3 N–H and O–H groups in total. The number of nitrogens with one attached hydrogen (secondary N) is 1. The molecule has 1 aromatic heterocycles. The minimum Gasteiger partial charge on any atom is -0.394 e. The van der Waals surface area contributed by atoms with Crippen LogP contribution in [0.5, 0.6) is 0 Å². The van der Waals surface area contributed by atoms with Crippen LogP contribution < -0.4 is 11.1 Å². The average molecular weight is 226 g/mol. The van der Waals surface area contributed by atoms with Crippen molar-refractivity contribution in [2.75, 3.05) is 30.8 Å². The number of nitrogens with zero attached hydrogens (tertiary/aromatic N) is 2. The highest BCUT2D eigenvalue weighted by molar-refractivity contribution is 5.59. The predicted octanol–water partition coefficient (Wildman–Crippen LogP) is 1.48. The molecule has 0 spiro atoms. The smallest absolute Gasteiger partial charge is 0.171 e. The highest BCUT2D eigenvalue weighted by Gasteiger charge is 2.02. The summed E-state index contributed by atoms with van der Waals surface area (Å²) < 4.78 is 7.17. The van der Waals surface area contributed by atoms with Gasteiger partial charge in [0.25, 0.3) is 0 Å². The first-order chi connectivity index (χ1) is 7.59. The monoisotopic (exact) mass is 226 g/mol. The lowest BCUT2D eigenvalue weighted by Crippen LogP contribution is -2.12. The molecule has 0 unspecified atom stereocenters. The maximum absolute atomic E-state index is 5.74. The average Bonchev–Trinajstić information content (AvgIpc) is 2.50. The second kappa shape index (κ2) is 6.37. The summed E-state index contributed by atoms with van der Waals surface area (Å²) in [5.41, 5.74) is 6.41. The molecule has 92 valence electrons. The van der Waals surface area contributed by atoms with Crippen LogP contribution in [0.4, 0.5) is 11.5 Å². The van der Waals surface area contributed by atoms with E-state index in [0.717, 1.165) is 25.4 Å². The SMILES string of the molecule is CC(C)CCOCCNc1nn(C)cc1N. The van der Waals surface area contributed by atoms with Gasteiger partial charge in [0, 0.05) is 26.4 Å². The molecule has 0 aliphatic carbocycles. The Labute approximate surface area is 97.0 Å². The molecule has 0 aliphatic heterocycles. The number of nitrogen functional groups attached to an aromatic ring is 1. The van der Waals surface area contributed by atoms with E-state index in [9.17, 15) is 0 Å². The molecule has 0 radical (unpaired) electrons. The van der Waals surface area contributed by atoms with Gasteiger partial charge < -0.3 is 15.8 Å². The Balaban J connectivity index is 2.09. The van der Waals surface area contributed by atoms with Crippen molar-refractivity contribution in [3.63, 3.8) is 0 Å². The summed E-state index contributed by atoms with van der Waals surface area (Å²) in [4.78, 5) is 0. The van der Waals surface area contributed by atoms with E-state index in [1.165, 1.54) is 0 Å². The molecular weight excluding hydrogens is 204 g/mol. The quantitative estimate of drug-likeness (QED) is 0.691. The molecule has 1 rings (SSSR count). The van der Waals surface area contributed by atoms with Crippen molar-refractivity contribution in [1.29, 1.82) is 0 Å². The van der Waals surface area contributed by atoms with E-state index in [1.807, 2.05) is 7.05 Å². The summed E-state index contributed by atoms with van der Waals surface area (Å²) in [6, 6.07) is 0. The van der Waals surface area contributed by atoms with Gasteiger partial charge in [0.1, 0.15) is 0 Å². The largest absolute Gasteiger partial charge is 0.394 e. The van der Waals surface area contributed by atoms with Gasteiger partial charge in [0.2, 0.25) is 0 Å². The highest BCUT2D eigenvalue weighted by Crippen LogP contribution is 2.13. The third-order valence-corrected chi connectivity index (χ3v) is 2.24. The molecule has 0 bridgehead atoms. The molecule has 1 aromatic rings. The number of nitrogens with two attached hydrogens (primary N) is 1. The maximum Gasteiger partial charge on any atom is 0.171 e. The Morgan fingerprint density at radius 3 is 2.81 bits per heavy atom. The molecule has 0 aliphatic rings. The van der Waals surface area contributed by atoms with Gasteiger partial charge in [-0.3, -0.25) is 4.68 Å². The van der Waals surface area contributed by atoms with Gasteiger partial charge in [-0.2, -0.15) is 5.10 Å². The van der Waals surface area contributed by atoms with Gasteiger partial charge in [-0.25, -0.2) is 0 Å². The van der Waals surface area contributed by atoms with Crippen LogP contribution in [0.15, 0.2) is 6.20 Å². The van der Waals surface area contributed by atoms with E-state index in [-0.39, 0.29) is 0 Å². The number of rotatable bonds is 7. The first kappa shape index (κ1) is 12.8. The second-order valence-electron chi connectivity index (χ2n) is 4.33. The van der Waals surface area contributed by atoms with Gasteiger partial charge in [-0.05, 0) is 12.3 Å². The van der Waals surface area contributed by atoms with E-state index < -0.39 is 0 Å². The number of hydrogen-bond acceptors (Lipinski definition) is 4. The molecule has 5 nitrogen and oxygen atoms in total. The molecule has 0 aromatic carbocycles. The van der Waals surface area contributed by atoms with Crippen LogP contribution in [0.1, 0.15) is 20.3 Å². The Hall–Kier alpha value is -1.23. The summed E-state index contributed by atoms with van der Waals surface area (Å²) in [5, 5.41) is 7.32. The lowest BCUT2D eigenvalue weighted by molar-refractivity contribution is 0.132. The number of anilines is 2. The van der Waals surface area contributed by atoms with Crippen molar-refractivity contribution in [3.05, 3.63) is 6.20 Å². The standard InChI is InChI=1S/C11H22N4O/c1-9(2)4-6-16-7-5-13-11-10(12)8-15(3)14-11/h8-9H,4-7,12H2,1-3H3,(H,13,14). The summed E-state index contributed by atoms with van der Waals surface area (Å²) in [5.74, 6) is 1.43. The zero-order chi connectivity index (χ0) is 12.0. The highest BCUT2D eigenvalue weighted by atomic mass is 16.5. The van der Waals surface area contributed by atoms with Crippen molar-refractivity contribution >= 4 is 11.5 Å². The van der Waals surface area contributed by atoms with E-state index in [4.69, 9.17) is 10.5 Å². The lowest BCUT2D eigenvalue weighted by atomic mass is 10.1. The number of hydrogen-bond donors (Lipinski definition) is 2. The minimum atomic E-state index is 0.671. The molecule has 1 heterocycles. The fraction of sp³-hybridized carbons (Fsp3) is 0.727. The maximum atomic E-state index is 5.74. The van der Waals surface area contributed by atoms with E-state index in [2.05, 4.69) is 24.3 Å². The van der Waals surface area contributed by atoms with Crippen molar-refractivity contribution in [3.8, 4) is 0 Å². The van der Waals surface area contributed by atoms with Crippen LogP contribution in [0.25, 0.3) is 0 Å². The van der Waals surface area contributed by atoms with Gasteiger partial charge in [-0.1, -0.05) is 13.8 Å². The zero-order valence-corrected chi connectivity index (χ0v) is 10.4. The molecule has 0 fully saturated rings. The lowest BCUT2D eigenvalue weighted by Gasteiger charge is -2.07. The Bertz CT molecular complexity index is 309. The molecule has 0 saturated heterocycles. The third kappa shape index (κ3) is 4.53. The number of ether oxygens (including phenoxy) is 1. The number of aryl methyl sites for hydroxylation is 1. The summed E-state index contributed by atoms with van der Waals surface area (Å²) in [7, 11) is 1.85. The summed E-state index contributed by atoms with van der Waals surface area (Å²) in [6.07, 6.45) is 2.88. The molecular formula is C11H22N4O. The van der Waals surface area contributed by atoms with Crippen molar-refractivity contribution < 1.29 is 4.74 Å². The Morgan fingerprint density at radius 2 is 2.25 bits per heavy atom. The van der Waals surface area contributed by atoms with Crippen LogP contribution in [-0.2, 0) is 11.8 Å². The van der Waals surface area contributed by atoms with Crippen LogP contribution >= 0.6 is 0 Å². The van der Waals surface area contributed by atoms with Crippen molar-refractivity contribution in [2.24, 2.45) is 13.0 Å². The van der Waals surface area contributed by atoms with Crippen LogP contribution in [0.3, 0.4) is 0 Å². The fourth-order valence-electron chi connectivity index (χ4n) is 1.31. The van der Waals surface area contributed by atoms with Gasteiger partial charge in [0.15, 0.2) is 5.82 Å². The van der Waals surface area contributed by atoms with Crippen LogP contribution in [0, 0.1) is 5.92 Å². The van der Waals surface area contributed by atoms with Gasteiger partial charge >= 0.3 is 0 Å². The summed E-state index contributed by atoms with van der Waals surface area (Å²) >= 11 is 0. The van der Waals surface area contributed by atoms with Crippen molar-refractivity contribution in [2.45, 2.75) is 20.3 Å². The van der Waals surface area contributed by atoms with Gasteiger partial charge in [0.05, 0.1) is 12.3 Å². The zero-order valence-electron chi connectivity index (χ0n) is 10.4. The van der Waals surface area contributed by atoms with E-state index >= 15 is 0 Å². The Kier molecular flexibility index (Phi) is 5.11. The fourth-order valence-corrected chi connectivity index (χ4v) is 1.31. The molecule has 16 heavy (non-hydrogen) atoms. The van der Waals surface area contributed by atoms with E-state index in [1.54, 1.807) is 10.9 Å².